The molecule has 1 heterocycles. The summed E-state index contributed by atoms with van der Waals surface area (Å²) in [6, 6.07) is 5.84. The van der Waals surface area contributed by atoms with Crippen LogP contribution in [-0.2, 0) is 6.18 Å². The number of rotatable bonds is 3. The van der Waals surface area contributed by atoms with Gasteiger partial charge in [-0.05, 0) is 25.1 Å². The minimum atomic E-state index is -4.28. The average Bonchev–Trinajstić information content (AvgIpc) is 2.39. The van der Waals surface area contributed by atoms with E-state index in [0.29, 0.717) is 18.8 Å². The molecule has 0 N–H and O–H groups in total. The van der Waals surface area contributed by atoms with Gasteiger partial charge in [0.2, 0.25) is 0 Å². The molecule has 0 spiro atoms. The maximum atomic E-state index is 13.0. The first kappa shape index (κ1) is 14.2. The van der Waals surface area contributed by atoms with Crippen molar-refractivity contribution in [1.82, 2.24) is 4.90 Å². The summed E-state index contributed by atoms with van der Waals surface area (Å²) in [5.74, 6) is 0. The van der Waals surface area contributed by atoms with E-state index >= 15 is 0 Å². The van der Waals surface area contributed by atoms with Crippen molar-refractivity contribution in [2.24, 2.45) is 0 Å². The fraction of sp³-hybridized carbons (Fsp3) is 0.571. The van der Waals surface area contributed by atoms with E-state index in [-0.39, 0.29) is 0 Å². The Kier molecular flexibility index (Phi) is 4.34. The van der Waals surface area contributed by atoms with Crippen molar-refractivity contribution in [3.05, 3.63) is 29.8 Å². The predicted octanol–water partition coefficient (Wildman–Crippen LogP) is 3.24. The number of halogens is 3. The fourth-order valence-corrected chi connectivity index (χ4v) is 2.52. The molecule has 0 saturated carbocycles. The Bertz CT molecular complexity index is 409. The zero-order valence-electron chi connectivity index (χ0n) is 11.1. The molecular formula is C14H19F3N2. The van der Waals surface area contributed by atoms with Gasteiger partial charge in [0, 0.05) is 31.9 Å². The zero-order chi connectivity index (χ0) is 13.9. The smallest absolute Gasteiger partial charge is 0.368 e. The highest BCUT2D eigenvalue weighted by Crippen LogP contribution is 2.36. The van der Waals surface area contributed by atoms with Gasteiger partial charge in [-0.2, -0.15) is 13.2 Å². The fourth-order valence-electron chi connectivity index (χ4n) is 2.52. The second-order valence-corrected chi connectivity index (χ2v) is 4.84. The zero-order valence-corrected chi connectivity index (χ0v) is 11.1. The molecule has 1 aromatic rings. The molecule has 1 saturated heterocycles. The molecular weight excluding hydrogens is 253 g/mol. The van der Waals surface area contributed by atoms with Crippen molar-refractivity contribution >= 4 is 5.69 Å². The lowest BCUT2D eigenvalue weighted by Crippen LogP contribution is -2.47. The van der Waals surface area contributed by atoms with Crippen LogP contribution in [0.3, 0.4) is 0 Å². The Morgan fingerprint density at radius 3 is 2.26 bits per heavy atom. The van der Waals surface area contributed by atoms with Gasteiger partial charge in [-0.3, -0.25) is 4.90 Å². The summed E-state index contributed by atoms with van der Waals surface area (Å²) in [6.07, 6.45) is -3.20. The summed E-state index contributed by atoms with van der Waals surface area (Å²) in [6.45, 7) is 6.13. The van der Waals surface area contributed by atoms with Crippen molar-refractivity contribution in [3.63, 3.8) is 0 Å². The van der Waals surface area contributed by atoms with Crippen molar-refractivity contribution in [1.29, 1.82) is 0 Å². The lowest BCUT2D eigenvalue weighted by molar-refractivity contribution is -0.137. The maximum absolute atomic E-state index is 13.0. The number of nitrogens with zero attached hydrogens (tertiary/aromatic N) is 2. The van der Waals surface area contributed by atoms with Crippen LogP contribution >= 0.6 is 0 Å². The molecule has 0 bridgehead atoms. The van der Waals surface area contributed by atoms with E-state index in [0.717, 1.165) is 32.1 Å². The quantitative estimate of drug-likeness (QED) is 0.833. The molecule has 0 aliphatic carbocycles. The van der Waals surface area contributed by atoms with Gasteiger partial charge in [0.25, 0.3) is 0 Å². The average molecular weight is 272 g/mol. The van der Waals surface area contributed by atoms with Crippen LogP contribution in [-0.4, -0.2) is 37.6 Å². The van der Waals surface area contributed by atoms with Crippen molar-refractivity contribution in [3.8, 4) is 0 Å². The minimum Gasteiger partial charge on any atom is -0.368 e. The number of benzene rings is 1. The molecule has 0 amide bonds. The Hall–Kier alpha value is -1.23. The first-order valence-corrected chi connectivity index (χ1v) is 6.66. The second kappa shape index (κ2) is 5.82. The third-order valence-corrected chi connectivity index (χ3v) is 3.46. The van der Waals surface area contributed by atoms with Crippen LogP contribution in [0.25, 0.3) is 0 Å². The van der Waals surface area contributed by atoms with E-state index in [1.54, 1.807) is 12.1 Å². The highest BCUT2D eigenvalue weighted by Gasteiger charge is 2.35. The van der Waals surface area contributed by atoms with Crippen LogP contribution in [0.1, 0.15) is 18.9 Å². The monoisotopic (exact) mass is 272 g/mol. The largest absolute Gasteiger partial charge is 0.418 e. The molecule has 0 atom stereocenters. The van der Waals surface area contributed by atoms with Crippen LogP contribution in [0.4, 0.5) is 18.9 Å². The SMILES string of the molecule is CCCN1CCN(c2ccccc2C(F)(F)F)CC1. The highest BCUT2D eigenvalue weighted by molar-refractivity contribution is 5.55. The van der Waals surface area contributed by atoms with Gasteiger partial charge in [-0.25, -0.2) is 0 Å². The molecule has 2 nitrogen and oxygen atoms in total. The Morgan fingerprint density at radius 1 is 1.05 bits per heavy atom. The van der Waals surface area contributed by atoms with E-state index in [1.165, 1.54) is 6.07 Å². The summed E-state index contributed by atoms with van der Waals surface area (Å²) in [5.41, 5.74) is -0.218. The number of alkyl halides is 3. The lowest BCUT2D eigenvalue weighted by atomic mass is 10.1. The second-order valence-electron chi connectivity index (χ2n) is 4.84. The van der Waals surface area contributed by atoms with Gasteiger partial charge >= 0.3 is 6.18 Å². The molecule has 106 valence electrons. The number of piperazine rings is 1. The first-order chi connectivity index (χ1) is 9.02. The molecule has 0 unspecified atom stereocenters. The Labute approximate surface area is 111 Å². The van der Waals surface area contributed by atoms with Crippen LogP contribution in [0.15, 0.2) is 24.3 Å². The molecule has 1 aliphatic heterocycles. The molecule has 1 fully saturated rings. The molecule has 5 heteroatoms. The summed E-state index contributed by atoms with van der Waals surface area (Å²) < 4.78 is 38.9. The van der Waals surface area contributed by atoms with Gasteiger partial charge in [0.1, 0.15) is 0 Å². The standard InChI is InChI=1S/C14H19F3N2/c1-2-7-18-8-10-19(11-9-18)13-6-4-3-5-12(13)14(15,16)17/h3-6H,2,7-11H2,1H3. The van der Waals surface area contributed by atoms with Gasteiger partial charge < -0.3 is 4.90 Å². The molecule has 19 heavy (non-hydrogen) atoms. The first-order valence-electron chi connectivity index (χ1n) is 6.66. The third kappa shape index (κ3) is 3.41. The number of hydrogen-bond donors (Lipinski definition) is 0. The van der Waals surface area contributed by atoms with Crippen LogP contribution in [0.2, 0.25) is 0 Å². The minimum absolute atomic E-state index is 0.311. The number of para-hydroxylation sites is 1. The Balaban J connectivity index is 2.12. The van der Waals surface area contributed by atoms with Gasteiger partial charge in [-0.1, -0.05) is 19.1 Å². The summed E-state index contributed by atoms with van der Waals surface area (Å²) in [5, 5.41) is 0. The van der Waals surface area contributed by atoms with E-state index < -0.39 is 11.7 Å². The van der Waals surface area contributed by atoms with Crippen LogP contribution < -0.4 is 4.90 Å². The molecule has 1 aromatic carbocycles. The van der Waals surface area contributed by atoms with Crippen molar-refractivity contribution < 1.29 is 13.2 Å². The molecule has 0 aromatic heterocycles. The summed E-state index contributed by atoms with van der Waals surface area (Å²) >= 11 is 0. The number of anilines is 1. The lowest BCUT2D eigenvalue weighted by Gasteiger charge is -2.37. The van der Waals surface area contributed by atoms with E-state index in [4.69, 9.17) is 0 Å². The van der Waals surface area contributed by atoms with Crippen molar-refractivity contribution in [2.45, 2.75) is 19.5 Å². The third-order valence-electron chi connectivity index (χ3n) is 3.46. The van der Waals surface area contributed by atoms with Crippen LogP contribution in [0.5, 0.6) is 0 Å². The molecule has 1 aliphatic rings. The maximum Gasteiger partial charge on any atom is 0.418 e. The molecule has 0 radical (unpaired) electrons. The van der Waals surface area contributed by atoms with E-state index in [1.807, 2.05) is 4.90 Å². The van der Waals surface area contributed by atoms with Gasteiger partial charge in [0.15, 0.2) is 0 Å². The highest BCUT2D eigenvalue weighted by atomic mass is 19.4. The van der Waals surface area contributed by atoms with Crippen LogP contribution in [0, 0.1) is 0 Å². The molecule has 2 rings (SSSR count). The van der Waals surface area contributed by atoms with Crippen molar-refractivity contribution in [2.75, 3.05) is 37.6 Å². The Morgan fingerprint density at radius 2 is 1.68 bits per heavy atom. The topological polar surface area (TPSA) is 6.48 Å². The predicted molar refractivity (Wildman–Crippen MR) is 70.4 cm³/mol. The van der Waals surface area contributed by atoms with E-state index in [9.17, 15) is 13.2 Å². The normalized spacial score (nSPS) is 17.8. The summed E-state index contributed by atoms with van der Waals surface area (Å²) in [7, 11) is 0. The number of hydrogen-bond acceptors (Lipinski definition) is 2. The van der Waals surface area contributed by atoms with Gasteiger partial charge in [0.05, 0.1) is 5.56 Å². The van der Waals surface area contributed by atoms with Gasteiger partial charge in [-0.15, -0.1) is 0 Å². The summed E-state index contributed by atoms with van der Waals surface area (Å²) in [4.78, 5) is 4.14. The van der Waals surface area contributed by atoms with E-state index in [2.05, 4.69) is 11.8 Å².